The summed E-state index contributed by atoms with van der Waals surface area (Å²) in [6, 6.07) is 0. The Morgan fingerprint density at radius 1 is 0.636 bits per heavy atom. The zero-order valence-electron chi connectivity index (χ0n) is 8.16. The number of rotatable bonds is 0. The summed E-state index contributed by atoms with van der Waals surface area (Å²) in [7, 11) is 0. The fourth-order valence-corrected chi connectivity index (χ4v) is 2.48. The lowest BCUT2D eigenvalue weighted by molar-refractivity contribution is 0.0775. The lowest BCUT2D eigenvalue weighted by Gasteiger charge is -2.45. The lowest BCUT2D eigenvalue weighted by Crippen LogP contribution is -2.31. The largest absolute Gasteiger partial charge is 0.0683 e. The Bertz CT molecular complexity index is 92.6. The summed E-state index contributed by atoms with van der Waals surface area (Å²) in [6.07, 6.45) is 12.3. The second-order valence-corrected chi connectivity index (χ2v) is 3.91. The molecule has 0 aromatic carbocycles. The summed E-state index contributed by atoms with van der Waals surface area (Å²) in [6.45, 7) is 4.00. The molecule has 0 aromatic heterocycles. The van der Waals surface area contributed by atoms with Gasteiger partial charge in [-0.3, -0.25) is 0 Å². The van der Waals surface area contributed by atoms with Gasteiger partial charge >= 0.3 is 0 Å². The van der Waals surface area contributed by atoms with Gasteiger partial charge in [0.25, 0.3) is 0 Å². The van der Waals surface area contributed by atoms with Crippen molar-refractivity contribution in [2.75, 3.05) is 0 Å². The molecule has 11 heavy (non-hydrogen) atoms. The van der Waals surface area contributed by atoms with Crippen molar-refractivity contribution in [2.45, 2.75) is 65.2 Å². The minimum Gasteiger partial charge on any atom is -0.0683 e. The average Bonchev–Trinajstić information content (AvgIpc) is 2.07. The molecule has 2 aliphatic rings. The van der Waals surface area contributed by atoms with Gasteiger partial charge in [-0.05, 0) is 31.1 Å². The van der Waals surface area contributed by atoms with Gasteiger partial charge in [0, 0.05) is 0 Å². The summed E-state index contributed by atoms with van der Waals surface area (Å²) >= 11 is 0. The van der Waals surface area contributed by atoms with E-state index < -0.39 is 0 Å². The standard InChI is InChI=1S/C9H16.C2H6/c1-2-5-9(6-3-1)7-4-8-9;1-2/h1-8H2;1-2H3. The SMILES string of the molecule is C1CCC2(CC1)CCC2.CC. The highest BCUT2D eigenvalue weighted by Gasteiger charge is 2.37. The molecule has 0 nitrogen and oxygen atoms in total. The van der Waals surface area contributed by atoms with E-state index in [0.717, 1.165) is 5.41 Å². The normalized spacial score (nSPS) is 26.7. The maximum absolute atomic E-state index is 2.00. The van der Waals surface area contributed by atoms with Crippen molar-refractivity contribution in [1.82, 2.24) is 0 Å². The highest BCUT2D eigenvalue weighted by atomic mass is 14.4. The molecule has 1 spiro atoms. The van der Waals surface area contributed by atoms with Crippen LogP contribution < -0.4 is 0 Å². The third-order valence-corrected chi connectivity index (χ3v) is 3.33. The second-order valence-electron chi connectivity index (χ2n) is 3.91. The van der Waals surface area contributed by atoms with Crippen LogP contribution in [0, 0.1) is 5.41 Å². The third-order valence-electron chi connectivity index (χ3n) is 3.33. The smallest absolute Gasteiger partial charge is 0.0297 e. The highest BCUT2D eigenvalue weighted by molar-refractivity contribution is 4.89. The van der Waals surface area contributed by atoms with Crippen molar-refractivity contribution in [1.29, 1.82) is 0 Å². The second kappa shape index (κ2) is 4.13. The van der Waals surface area contributed by atoms with Crippen LogP contribution in [-0.4, -0.2) is 0 Å². The third kappa shape index (κ3) is 1.98. The molecule has 0 aromatic rings. The molecule has 0 aliphatic heterocycles. The van der Waals surface area contributed by atoms with Gasteiger partial charge < -0.3 is 0 Å². The van der Waals surface area contributed by atoms with E-state index in [4.69, 9.17) is 0 Å². The zero-order chi connectivity index (χ0) is 8.16. The van der Waals surface area contributed by atoms with Gasteiger partial charge in [0.15, 0.2) is 0 Å². The van der Waals surface area contributed by atoms with Crippen LogP contribution in [0.25, 0.3) is 0 Å². The minimum atomic E-state index is 0.901. The predicted molar refractivity (Wildman–Crippen MR) is 50.7 cm³/mol. The minimum absolute atomic E-state index is 0.901. The van der Waals surface area contributed by atoms with Crippen LogP contribution in [0.4, 0.5) is 0 Å². The van der Waals surface area contributed by atoms with E-state index in [1.165, 1.54) is 25.7 Å². The van der Waals surface area contributed by atoms with Crippen LogP contribution in [0.5, 0.6) is 0 Å². The average molecular weight is 154 g/mol. The topological polar surface area (TPSA) is 0 Å². The Morgan fingerprint density at radius 3 is 1.36 bits per heavy atom. The molecule has 0 amide bonds. The molecule has 0 bridgehead atoms. The molecular weight excluding hydrogens is 132 g/mol. The zero-order valence-corrected chi connectivity index (χ0v) is 8.16. The molecule has 2 rings (SSSR count). The molecule has 0 radical (unpaired) electrons. The summed E-state index contributed by atoms with van der Waals surface area (Å²) in [4.78, 5) is 0. The fourth-order valence-electron chi connectivity index (χ4n) is 2.48. The molecule has 0 atom stereocenters. The van der Waals surface area contributed by atoms with E-state index in [1.807, 2.05) is 13.8 Å². The Balaban J connectivity index is 0.000000281. The van der Waals surface area contributed by atoms with Crippen molar-refractivity contribution in [3.8, 4) is 0 Å². The van der Waals surface area contributed by atoms with E-state index in [9.17, 15) is 0 Å². The maximum Gasteiger partial charge on any atom is -0.0297 e. The first-order chi connectivity index (χ1) is 5.41. The molecule has 0 saturated heterocycles. The van der Waals surface area contributed by atoms with E-state index in [2.05, 4.69) is 0 Å². The molecule has 2 aliphatic carbocycles. The molecule has 0 heteroatoms. The van der Waals surface area contributed by atoms with Crippen molar-refractivity contribution >= 4 is 0 Å². The van der Waals surface area contributed by atoms with Gasteiger partial charge in [-0.1, -0.05) is 39.5 Å². The van der Waals surface area contributed by atoms with Crippen LogP contribution in [0.15, 0.2) is 0 Å². The van der Waals surface area contributed by atoms with Crippen LogP contribution in [0.3, 0.4) is 0 Å². The molecular formula is C11H22. The molecule has 0 unspecified atom stereocenters. The van der Waals surface area contributed by atoms with Crippen molar-refractivity contribution in [3.05, 3.63) is 0 Å². The molecule has 0 heterocycles. The van der Waals surface area contributed by atoms with Crippen LogP contribution >= 0.6 is 0 Å². The van der Waals surface area contributed by atoms with Crippen LogP contribution in [0.2, 0.25) is 0 Å². The van der Waals surface area contributed by atoms with Gasteiger partial charge in [0.2, 0.25) is 0 Å². The van der Waals surface area contributed by atoms with Crippen LogP contribution in [-0.2, 0) is 0 Å². The predicted octanol–water partition coefficient (Wildman–Crippen LogP) is 4.15. The number of hydrogen-bond donors (Lipinski definition) is 0. The van der Waals surface area contributed by atoms with E-state index in [1.54, 1.807) is 25.7 Å². The van der Waals surface area contributed by atoms with Crippen LogP contribution in [0.1, 0.15) is 65.2 Å². The monoisotopic (exact) mass is 154 g/mol. The first-order valence-corrected chi connectivity index (χ1v) is 5.41. The Morgan fingerprint density at radius 2 is 1.09 bits per heavy atom. The molecule has 0 N–H and O–H groups in total. The Labute approximate surface area is 71.4 Å². The quantitative estimate of drug-likeness (QED) is 0.492. The fraction of sp³-hybridized carbons (Fsp3) is 1.00. The summed E-state index contributed by atoms with van der Waals surface area (Å²) in [5.41, 5.74) is 0.901. The van der Waals surface area contributed by atoms with E-state index >= 15 is 0 Å². The summed E-state index contributed by atoms with van der Waals surface area (Å²) in [5.74, 6) is 0. The molecule has 2 fully saturated rings. The van der Waals surface area contributed by atoms with Crippen molar-refractivity contribution in [3.63, 3.8) is 0 Å². The van der Waals surface area contributed by atoms with Gasteiger partial charge in [-0.25, -0.2) is 0 Å². The molecule has 66 valence electrons. The highest BCUT2D eigenvalue weighted by Crippen LogP contribution is 2.51. The van der Waals surface area contributed by atoms with E-state index in [0.29, 0.717) is 0 Å². The lowest BCUT2D eigenvalue weighted by atomic mass is 9.61. The van der Waals surface area contributed by atoms with E-state index in [-0.39, 0.29) is 0 Å². The number of hydrogen-bond acceptors (Lipinski definition) is 0. The molecule has 2 saturated carbocycles. The maximum atomic E-state index is 2.00. The van der Waals surface area contributed by atoms with Gasteiger partial charge in [-0.15, -0.1) is 0 Å². The van der Waals surface area contributed by atoms with Gasteiger partial charge in [-0.2, -0.15) is 0 Å². The first-order valence-electron chi connectivity index (χ1n) is 5.41. The van der Waals surface area contributed by atoms with Gasteiger partial charge in [0.05, 0.1) is 0 Å². The van der Waals surface area contributed by atoms with Crippen molar-refractivity contribution in [2.24, 2.45) is 5.41 Å². The summed E-state index contributed by atoms with van der Waals surface area (Å²) in [5, 5.41) is 0. The van der Waals surface area contributed by atoms with Gasteiger partial charge in [0.1, 0.15) is 0 Å². The first kappa shape index (κ1) is 9.09. The Hall–Kier alpha value is 0. The Kier molecular flexibility index (Phi) is 3.42. The summed E-state index contributed by atoms with van der Waals surface area (Å²) < 4.78 is 0. The van der Waals surface area contributed by atoms with Crippen molar-refractivity contribution < 1.29 is 0 Å².